The topological polar surface area (TPSA) is 55.4 Å². The molecule has 0 saturated heterocycles. The lowest BCUT2D eigenvalue weighted by Gasteiger charge is -2.08. The van der Waals surface area contributed by atoms with Crippen molar-refractivity contribution in [2.45, 2.75) is 24.7 Å². The molecule has 0 radical (unpaired) electrons. The highest BCUT2D eigenvalue weighted by molar-refractivity contribution is 9.10. The van der Waals surface area contributed by atoms with Gasteiger partial charge in [0.2, 0.25) is 10.0 Å². The Labute approximate surface area is 111 Å². The Bertz CT molecular complexity index is 474. The maximum Gasteiger partial charge on any atom is 0.240 e. The summed E-state index contributed by atoms with van der Waals surface area (Å²) in [7, 11) is -1.93. The summed E-state index contributed by atoms with van der Waals surface area (Å²) in [6, 6.07) is 4.70. The van der Waals surface area contributed by atoms with E-state index in [0.717, 1.165) is 17.3 Å². The molecule has 1 aromatic carbocycles. The number of sulfonamides is 1. The molecule has 6 heteroatoms. The predicted molar refractivity (Wildman–Crippen MR) is 70.8 cm³/mol. The van der Waals surface area contributed by atoms with Crippen molar-refractivity contribution >= 4 is 26.0 Å². The van der Waals surface area contributed by atoms with Gasteiger partial charge in [-0.3, -0.25) is 0 Å². The third-order valence-electron chi connectivity index (χ3n) is 2.26. The molecule has 0 bridgehead atoms. The maximum atomic E-state index is 11.9. The van der Waals surface area contributed by atoms with E-state index in [9.17, 15) is 8.42 Å². The van der Waals surface area contributed by atoms with Crippen molar-refractivity contribution in [3.05, 3.63) is 22.7 Å². The second-order valence-electron chi connectivity index (χ2n) is 3.55. The van der Waals surface area contributed by atoms with E-state index in [1.165, 1.54) is 13.2 Å². The molecule has 0 atom stereocenters. The van der Waals surface area contributed by atoms with Crippen molar-refractivity contribution in [2.75, 3.05) is 13.7 Å². The van der Waals surface area contributed by atoms with Gasteiger partial charge in [-0.05, 0) is 34.5 Å². The quantitative estimate of drug-likeness (QED) is 0.819. The van der Waals surface area contributed by atoms with Crippen LogP contribution in [-0.2, 0) is 10.0 Å². The van der Waals surface area contributed by atoms with Crippen LogP contribution in [0, 0.1) is 0 Å². The van der Waals surface area contributed by atoms with Gasteiger partial charge in [0, 0.05) is 12.6 Å². The number of rotatable bonds is 6. The van der Waals surface area contributed by atoms with E-state index < -0.39 is 10.0 Å². The first-order valence-electron chi connectivity index (χ1n) is 5.34. The van der Waals surface area contributed by atoms with Gasteiger partial charge in [0.15, 0.2) is 0 Å². The molecular weight excluding hydrogens is 306 g/mol. The molecule has 1 rings (SSSR count). The van der Waals surface area contributed by atoms with Crippen LogP contribution in [-0.4, -0.2) is 22.1 Å². The molecule has 1 aromatic rings. The molecule has 96 valence electrons. The summed E-state index contributed by atoms with van der Waals surface area (Å²) in [5.74, 6) is 0.503. The van der Waals surface area contributed by atoms with Gasteiger partial charge in [-0.15, -0.1) is 0 Å². The first kappa shape index (κ1) is 14.5. The summed E-state index contributed by atoms with van der Waals surface area (Å²) in [6.45, 7) is 2.47. The van der Waals surface area contributed by atoms with Gasteiger partial charge in [0.05, 0.1) is 16.5 Å². The van der Waals surface area contributed by atoms with Crippen molar-refractivity contribution in [3.63, 3.8) is 0 Å². The minimum absolute atomic E-state index is 0.216. The molecule has 0 saturated carbocycles. The van der Waals surface area contributed by atoms with E-state index >= 15 is 0 Å². The summed E-state index contributed by atoms with van der Waals surface area (Å²) in [5, 5.41) is 0. The van der Waals surface area contributed by atoms with E-state index in [0.29, 0.717) is 12.3 Å². The molecule has 0 spiro atoms. The number of benzene rings is 1. The van der Waals surface area contributed by atoms with E-state index in [1.54, 1.807) is 12.1 Å². The standard InChI is InChI=1S/C11H16BrNO3S/c1-3-4-7-13-17(14,15)9-5-6-10(12)11(8-9)16-2/h5-6,8,13H,3-4,7H2,1-2H3. The molecule has 0 amide bonds. The number of nitrogens with one attached hydrogen (secondary N) is 1. The summed E-state index contributed by atoms with van der Waals surface area (Å²) in [6.07, 6.45) is 1.78. The third kappa shape index (κ3) is 3.97. The third-order valence-corrected chi connectivity index (χ3v) is 4.37. The van der Waals surface area contributed by atoms with Crippen LogP contribution >= 0.6 is 15.9 Å². The predicted octanol–water partition coefficient (Wildman–Crippen LogP) is 2.54. The number of halogens is 1. The highest BCUT2D eigenvalue weighted by atomic mass is 79.9. The molecular formula is C11H16BrNO3S. The maximum absolute atomic E-state index is 11.9. The molecule has 17 heavy (non-hydrogen) atoms. The average molecular weight is 322 g/mol. The summed E-state index contributed by atoms with van der Waals surface area (Å²) >= 11 is 3.28. The highest BCUT2D eigenvalue weighted by Crippen LogP contribution is 2.27. The van der Waals surface area contributed by atoms with Gasteiger partial charge < -0.3 is 4.74 Å². The van der Waals surface area contributed by atoms with Crippen molar-refractivity contribution < 1.29 is 13.2 Å². The summed E-state index contributed by atoms with van der Waals surface area (Å²) in [4.78, 5) is 0.216. The van der Waals surface area contributed by atoms with Crippen LogP contribution in [0.4, 0.5) is 0 Å². The van der Waals surface area contributed by atoms with E-state index in [4.69, 9.17) is 4.74 Å². The van der Waals surface area contributed by atoms with Gasteiger partial charge in [-0.2, -0.15) is 0 Å². The van der Waals surface area contributed by atoms with Gasteiger partial charge >= 0.3 is 0 Å². The minimum Gasteiger partial charge on any atom is -0.496 e. The zero-order valence-electron chi connectivity index (χ0n) is 9.86. The van der Waals surface area contributed by atoms with Crippen LogP contribution in [0.1, 0.15) is 19.8 Å². The van der Waals surface area contributed by atoms with Crippen molar-refractivity contribution in [1.82, 2.24) is 4.72 Å². The van der Waals surface area contributed by atoms with Crippen LogP contribution in [0.5, 0.6) is 5.75 Å². The first-order chi connectivity index (χ1) is 8.01. The Kier molecular flexibility index (Phi) is 5.42. The van der Waals surface area contributed by atoms with Crippen LogP contribution in [0.25, 0.3) is 0 Å². The van der Waals surface area contributed by atoms with E-state index in [2.05, 4.69) is 20.7 Å². The monoisotopic (exact) mass is 321 g/mol. The average Bonchev–Trinajstić information content (AvgIpc) is 2.29. The lowest BCUT2D eigenvalue weighted by Crippen LogP contribution is -2.24. The Morgan fingerprint density at radius 3 is 2.71 bits per heavy atom. The number of hydrogen-bond donors (Lipinski definition) is 1. The normalized spacial score (nSPS) is 11.5. The number of methoxy groups -OCH3 is 1. The highest BCUT2D eigenvalue weighted by Gasteiger charge is 2.15. The molecule has 0 aliphatic rings. The molecule has 0 unspecified atom stereocenters. The number of hydrogen-bond acceptors (Lipinski definition) is 3. The Morgan fingerprint density at radius 1 is 1.41 bits per heavy atom. The largest absolute Gasteiger partial charge is 0.496 e. The Hall–Kier alpha value is -0.590. The van der Waals surface area contributed by atoms with Crippen LogP contribution in [0.3, 0.4) is 0 Å². The molecule has 0 heterocycles. The molecule has 0 aliphatic heterocycles. The van der Waals surface area contributed by atoms with Gasteiger partial charge in [0.1, 0.15) is 5.75 Å². The zero-order valence-corrected chi connectivity index (χ0v) is 12.3. The smallest absolute Gasteiger partial charge is 0.240 e. The van der Waals surface area contributed by atoms with E-state index in [1.807, 2.05) is 6.92 Å². The fourth-order valence-corrected chi connectivity index (χ4v) is 2.77. The fourth-order valence-electron chi connectivity index (χ4n) is 1.27. The molecule has 4 nitrogen and oxygen atoms in total. The molecule has 0 fully saturated rings. The van der Waals surface area contributed by atoms with Crippen molar-refractivity contribution in [1.29, 1.82) is 0 Å². The molecule has 0 aromatic heterocycles. The lowest BCUT2D eigenvalue weighted by atomic mass is 10.3. The van der Waals surface area contributed by atoms with Crippen LogP contribution in [0.2, 0.25) is 0 Å². The summed E-state index contributed by atoms with van der Waals surface area (Å²) in [5.41, 5.74) is 0. The van der Waals surface area contributed by atoms with Crippen LogP contribution in [0.15, 0.2) is 27.6 Å². The number of ether oxygens (including phenoxy) is 1. The van der Waals surface area contributed by atoms with Gasteiger partial charge in [-0.25, -0.2) is 13.1 Å². The van der Waals surface area contributed by atoms with Crippen LogP contribution < -0.4 is 9.46 Å². The van der Waals surface area contributed by atoms with Crippen molar-refractivity contribution in [2.24, 2.45) is 0 Å². The van der Waals surface area contributed by atoms with E-state index in [-0.39, 0.29) is 4.90 Å². The second kappa shape index (κ2) is 6.37. The SMILES string of the molecule is CCCCNS(=O)(=O)c1ccc(Br)c(OC)c1. The first-order valence-corrected chi connectivity index (χ1v) is 7.62. The molecule has 1 N–H and O–H groups in total. The van der Waals surface area contributed by atoms with Gasteiger partial charge in [0.25, 0.3) is 0 Å². The summed E-state index contributed by atoms with van der Waals surface area (Å²) < 4.78 is 32.2. The lowest BCUT2D eigenvalue weighted by molar-refractivity contribution is 0.410. The Balaban J connectivity index is 2.91. The van der Waals surface area contributed by atoms with Gasteiger partial charge in [-0.1, -0.05) is 13.3 Å². The van der Waals surface area contributed by atoms with Crippen molar-refractivity contribution in [3.8, 4) is 5.75 Å². The fraction of sp³-hybridized carbons (Fsp3) is 0.455. The Morgan fingerprint density at radius 2 is 2.12 bits per heavy atom. The minimum atomic E-state index is -3.43. The zero-order chi connectivity index (χ0) is 12.9. The molecule has 0 aliphatic carbocycles. The second-order valence-corrected chi connectivity index (χ2v) is 6.17. The number of unbranched alkanes of at least 4 members (excludes halogenated alkanes) is 1.